The van der Waals surface area contributed by atoms with Gasteiger partial charge in [0.2, 0.25) is 0 Å². The van der Waals surface area contributed by atoms with Gasteiger partial charge in [0.1, 0.15) is 12.4 Å². The monoisotopic (exact) mass is 328 g/mol. The zero-order valence-electron chi connectivity index (χ0n) is 14.0. The molecule has 0 saturated carbocycles. The summed E-state index contributed by atoms with van der Waals surface area (Å²) in [5.41, 5.74) is 1.59. The van der Waals surface area contributed by atoms with Crippen molar-refractivity contribution in [1.29, 1.82) is 0 Å². The summed E-state index contributed by atoms with van der Waals surface area (Å²) in [7, 11) is 0. The SMILES string of the molecule is CC(CO)C(C)NC(=O)Nc1ccccc1COc1ccccc1. The number of anilines is 1. The molecule has 0 heterocycles. The highest BCUT2D eigenvalue weighted by molar-refractivity contribution is 5.90. The van der Waals surface area contributed by atoms with Crippen LogP contribution >= 0.6 is 0 Å². The Kier molecular flexibility index (Phi) is 6.63. The lowest BCUT2D eigenvalue weighted by atomic mass is 10.1. The van der Waals surface area contributed by atoms with Crippen LogP contribution in [-0.2, 0) is 6.61 Å². The van der Waals surface area contributed by atoms with Gasteiger partial charge in [-0.3, -0.25) is 0 Å². The van der Waals surface area contributed by atoms with Crippen molar-refractivity contribution in [2.45, 2.75) is 26.5 Å². The van der Waals surface area contributed by atoms with Crippen LogP contribution in [0.5, 0.6) is 5.75 Å². The molecule has 2 unspecified atom stereocenters. The van der Waals surface area contributed by atoms with Crippen LogP contribution < -0.4 is 15.4 Å². The number of urea groups is 1. The highest BCUT2D eigenvalue weighted by atomic mass is 16.5. The molecule has 2 rings (SSSR count). The lowest BCUT2D eigenvalue weighted by Crippen LogP contribution is -2.41. The summed E-state index contributed by atoms with van der Waals surface area (Å²) in [5.74, 6) is 0.773. The molecule has 0 aromatic heterocycles. The van der Waals surface area contributed by atoms with Gasteiger partial charge in [0.05, 0.1) is 0 Å². The first-order chi connectivity index (χ1) is 11.6. The van der Waals surface area contributed by atoms with Crippen LogP contribution in [0.1, 0.15) is 19.4 Å². The van der Waals surface area contributed by atoms with Gasteiger partial charge in [-0.15, -0.1) is 0 Å². The van der Waals surface area contributed by atoms with Crippen LogP contribution in [0.4, 0.5) is 10.5 Å². The number of hydrogen-bond donors (Lipinski definition) is 3. The van der Waals surface area contributed by atoms with Gasteiger partial charge in [0, 0.05) is 23.9 Å². The highest BCUT2D eigenvalue weighted by Gasteiger charge is 2.14. The van der Waals surface area contributed by atoms with Crippen LogP contribution in [0.2, 0.25) is 0 Å². The van der Waals surface area contributed by atoms with Crippen molar-refractivity contribution in [3.8, 4) is 5.75 Å². The summed E-state index contributed by atoms with van der Waals surface area (Å²) in [6, 6.07) is 16.6. The molecule has 0 aliphatic heterocycles. The largest absolute Gasteiger partial charge is 0.489 e. The summed E-state index contributed by atoms with van der Waals surface area (Å²) >= 11 is 0. The number of hydrogen-bond acceptors (Lipinski definition) is 3. The van der Waals surface area contributed by atoms with Crippen molar-refractivity contribution < 1.29 is 14.6 Å². The van der Waals surface area contributed by atoms with E-state index in [-0.39, 0.29) is 24.6 Å². The van der Waals surface area contributed by atoms with E-state index in [9.17, 15) is 4.79 Å². The van der Waals surface area contributed by atoms with Crippen LogP contribution in [0, 0.1) is 5.92 Å². The van der Waals surface area contributed by atoms with E-state index in [2.05, 4.69) is 10.6 Å². The third-order valence-corrected chi connectivity index (χ3v) is 3.90. The van der Waals surface area contributed by atoms with Crippen molar-refractivity contribution in [2.24, 2.45) is 5.92 Å². The van der Waals surface area contributed by atoms with Gasteiger partial charge >= 0.3 is 6.03 Å². The number of ether oxygens (including phenoxy) is 1. The molecule has 3 N–H and O–H groups in total. The summed E-state index contributed by atoms with van der Waals surface area (Å²) in [6.45, 7) is 4.14. The van der Waals surface area contributed by atoms with E-state index >= 15 is 0 Å². The van der Waals surface area contributed by atoms with Crippen molar-refractivity contribution >= 4 is 11.7 Å². The maximum atomic E-state index is 12.1. The molecule has 0 aliphatic rings. The minimum Gasteiger partial charge on any atom is -0.489 e. The topological polar surface area (TPSA) is 70.6 Å². The molecular formula is C19H24N2O3. The average Bonchev–Trinajstić information content (AvgIpc) is 2.61. The summed E-state index contributed by atoms with van der Waals surface area (Å²) in [4.78, 5) is 12.1. The number of rotatable bonds is 7. The number of amides is 2. The van der Waals surface area contributed by atoms with Gasteiger partial charge in [-0.05, 0) is 31.0 Å². The normalized spacial score (nSPS) is 13.0. The fourth-order valence-electron chi connectivity index (χ4n) is 2.11. The Hall–Kier alpha value is -2.53. The number of carbonyl (C=O) groups is 1. The molecule has 0 saturated heterocycles. The van der Waals surface area contributed by atoms with Crippen molar-refractivity contribution in [3.05, 3.63) is 60.2 Å². The number of benzene rings is 2. The van der Waals surface area contributed by atoms with E-state index in [1.165, 1.54) is 0 Å². The fourth-order valence-corrected chi connectivity index (χ4v) is 2.11. The average molecular weight is 328 g/mol. The predicted octanol–water partition coefficient (Wildman–Crippen LogP) is 3.40. The molecule has 5 heteroatoms. The number of carbonyl (C=O) groups excluding carboxylic acids is 1. The van der Waals surface area contributed by atoms with Gasteiger partial charge in [-0.2, -0.15) is 0 Å². The van der Waals surface area contributed by atoms with E-state index in [4.69, 9.17) is 9.84 Å². The molecule has 2 aromatic carbocycles. The molecule has 24 heavy (non-hydrogen) atoms. The predicted molar refractivity (Wildman–Crippen MR) is 95.1 cm³/mol. The fraction of sp³-hybridized carbons (Fsp3) is 0.316. The third-order valence-electron chi connectivity index (χ3n) is 3.90. The van der Waals surface area contributed by atoms with Gasteiger partial charge in [-0.1, -0.05) is 43.3 Å². The van der Waals surface area contributed by atoms with Gasteiger partial charge in [0.25, 0.3) is 0 Å². The molecule has 0 fully saturated rings. The summed E-state index contributed by atoms with van der Waals surface area (Å²) < 4.78 is 5.75. The smallest absolute Gasteiger partial charge is 0.319 e. The van der Waals surface area contributed by atoms with E-state index in [1.54, 1.807) is 0 Å². The maximum absolute atomic E-state index is 12.1. The van der Waals surface area contributed by atoms with Crippen LogP contribution in [0.15, 0.2) is 54.6 Å². The Morgan fingerprint density at radius 2 is 1.75 bits per heavy atom. The molecule has 128 valence electrons. The lowest BCUT2D eigenvalue weighted by Gasteiger charge is -2.20. The third kappa shape index (κ3) is 5.28. The molecule has 2 aromatic rings. The molecule has 5 nitrogen and oxygen atoms in total. The zero-order valence-corrected chi connectivity index (χ0v) is 14.0. The van der Waals surface area contributed by atoms with E-state index in [0.29, 0.717) is 12.3 Å². The first-order valence-corrected chi connectivity index (χ1v) is 8.04. The van der Waals surface area contributed by atoms with Crippen molar-refractivity contribution in [2.75, 3.05) is 11.9 Å². The van der Waals surface area contributed by atoms with E-state index in [1.807, 2.05) is 68.4 Å². The van der Waals surface area contributed by atoms with Crippen molar-refractivity contribution in [1.82, 2.24) is 5.32 Å². The first-order valence-electron chi connectivity index (χ1n) is 8.04. The van der Waals surface area contributed by atoms with E-state index in [0.717, 1.165) is 11.3 Å². The maximum Gasteiger partial charge on any atom is 0.319 e. The number of aliphatic hydroxyl groups is 1. The minimum atomic E-state index is -0.296. The van der Waals surface area contributed by atoms with Crippen molar-refractivity contribution in [3.63, 3.8) is 0 Å². The molecule has 0 bridgehead atoms. The minimum absolute atomic E-state index is 0.00703. The molecule has 0 radical (unpaired) electrons. The number of nitrogens with one attached hydrogen (secondary N) is 2. The Labute approximate surface area is 142 Å². The Morgan fingerprint density at radius 1 is 1.08 bits per heavy atom. The summed E-state index contributed by atoms with van der Waals surface area (Å²) in [6.07, 6.45) is 0. The number of aliphatic hydroxyl groups excluding tert-OH is 1. The van der Waals surface area contributed by atoms with Gasteiger partial charge in [0.15, 0.2) is 0 Å². The van der Waals surface area contributed by atoms with Crippen LogP contribution in [0.3, 0.4) is 0 Å². The van der Waals surface area contributed by atoms with E-state index < -0.39 is 0 Å². The first kappa shape index (κ1) is 17.8. The molecule has 2 atom stereocenters. The second-order valence-electron chi connectivity index (χ2n) is 5.81. The van der Waals surface area contributed by atoms with Gasteiger partial charge in [-0.25, -0.2) is 4.79 Å². The Bertz CT molecular complexity index is 646. The molecule has 0 spiro atoms. The van der Waals surface area contributed by atoms with Crippen LogP contribution in [0.25, 0.3) is 0 Å². The zero-order chi connectivity index (χ0) is 17.4. The number of para-hydroxylation sites is 2. The molecular weight excluding hydrogens is 304 g/mol. The summed E-state index contributed by atoms with van der Waals surface area (Å²) in [5, 5.41) is 14.8. The second-order valence-corrected chi connectivity index (χ2v) is 5.81. The second kappa shape index (κ2) is 8.93. The van der Waals surface area contributed by atoms with Crippen LogP contribution in [-0.4, -0.2) is 23.8 Å². The lowest BCUT2D eigenvalue weighted by molar-refractivity contribution is 0.204. The molecule has 2 amide bonds. The Morgan fingerprint density at radius 3 is 2.46 bits per heavy atom. The van der Waals surface area contributed by atoms with Gasteiger partial charge < -0.3 is 20.5 Å². The standard InChI is InChI=1S/C19H24N2O3/c1-14(12-22)15(2)20-19(23)21-18-11-7-6-8-16(18)13-24-17-9-4-3-5-10-17/h3-11,14-15,22H,12-13H2,1-2H3,(H2,20,21,23). The quantitative estimate of drug-likeness (QED) is 0.729. The molecule has 0 aliphatic carbocycles. The Balaban J connectivity index is 1.97. The highest BCUT2D eigenvalue weighted by Crippen LogP contribution is 2.18.